The maximum Gasteiger partial charge on any atom is 0.161 e. The van der Waals surface area contributed by atoms with Crippen molar-refractivity contribution >= 4 is 5.71 Å². The van der Waals surface area contributed by atoms with Gasteiger partial charge in [-0.15, -0.1) is 0 Å². The molecule has 2 atom stereocenters. The van der Waals surface area contributed by atoms with Gasteiger partial charge in [-0.1, -0.05) is 29.4 Å². The fourth-order valence-corrected chi connectivity index (χ4v) is 3.37. The molecule has 0 bridgehead atoms. The highest BCUT2D eigenvalue weighted by atomic mass is 16.6. The van der Waals surface area contributed by atoms with Crippen molar-refractivity contribution < 1.29 is 14.3 Å². The molecule has 0 radical (unpaired) electrons. The van der Waals surface area contributed by atoms with Crippen LogP contribution in [0.4, 0.5) is 0 Å². The molecule has 0 saturated carbocycles. The van der Waals surface area contributed by atoms with E-state index in [0.717, 1.165) is 23.4 Å². The Morgan fingerprint density at radius 3 is 2.68 bits per heavy atom. The van der Waals surface area contributed by atoms with Crippen molar-refractivity contribution in [1.29, 1.82) is 0 Å². The number of hydrogen-bond donors (Lipinski definition) is 0. The molecule has 0 spiro atoms. The van der Waals surface area contributed by atoms with Gasteiger partial charge in [0.05, 0.1) is 25.8 Å². The Hall–Kier alpha value is -2.49. The van der Waals surface area contributed by atoms with Crippen molar-refractivity contribution in [3.63, 3.8) is 0 Å². The number of methoxy groups -OCH3 is 2. The Morgan fingerprint density at radius 1 is 1.05 bits per heavy atom. The molecule has 0 aromatic heterocycles. The van der Waals surface area contributed by atoms with Crippen LogP contribution in [0.1, 0.15) is 22.8 Å². The molecule has 0 N–H and O–H groups in total. The van der Waals surface area contributed by atoms with Crippen LogP contribution < -0.4 is 9.47 Å². The predicted molar refractivity (Wildman–Crippen MR) is 83.5 cm³/mol. The van der Waals surface area contributed by atoms with Gasteiger partial charge in [0.15, 0.2) is 17.6 Å². The Morgan fingerprint density at radius 2 is 1.86 bits per heavy atom. The van der Waals surface area contributed by atoms with Crippen molar-refractivity contribution in [3.05, 3.63) is 59.2 Å². The van der Waals surface area contributed by atoms with Crippen LogP contribution in [-0.4, -0.2) is 19.9 Å². The third-order valence-electron chi connectivity index (χ3n) is 4.46. The second-order valence-electron chi connectivity index (χ2n) is 5.58. The van der Waals surface area contributed by atoms with Crippen LogP contribution >= 0.6 is 0 Å². The molecular weight excluding hydrogens is 278 g/mol. The number of nitrogens with zero attached hydrogens (tertiary/aromatic N) is 1. The van der Waals surface area contributed by atoms with Crippen LogP contribution in [0, 0.1) is 5.92 Å². The first-order chi connectivity index (χ1) is 10.8. The van der Waals surface area contributed by atoms with Gasteiger partial charge in [-0.3, -0.25) is 0 Å². The molecule has 2 aromatic carbocycles. The summed E-state index contributed by atoms with van der Waals surface area (Å²) in [4.78, 5) is 5.72. The maximum absolute atomic E-state index is 5.72. The lowest BCUT2D eigenvalue weighted by molar-refractivity contribution is 0.0697. The number of rotatable bonds is 3. The summed E-state index contributed by atoms with van der Waals surface area (Å²) in [6.45, 7) is 0. The quantitative estimate of drug-likeness (QED) is 0.872. The fraction of sp³-hybridized carbons (Fsp3) is 0.278. The van der Waals surface area contributed by atoms with Gasteiger partial charge in [0, 0.05) is 5.56 Å². The van der Waals surface area contributed by atoms with Gasteiger partial charge < -0.3 is 14.3 Å². The monoisotopic (exact) mass is 295 g/mol. The van der Waals surface area contributed by atoms with E-state index in [4.69, 9.17) is 14.3 Å². The van der Waals surface area contributed by atoms with Gasteiger partial charge in [0.25, 0.3) is 0 Å². The van der Waals surface area contributed by atoms with E-state index >= 15 is 0 Å². The Bertz CT molecular complexity index is 754. The van der Waals surface area contributed by atoms with Crippen LogP contribution in [0.25, 0.3) is 0 Å². The fourth-order valence-electron chi connectivity index (χ4n) is 3.37. The lowest BCUT2D eigenvalue weighted by Gasteiger charge is -2.12. The molecule has 1 heterocycles. The molecule has 0 unspecified atom stereocenters. The molecule has 22 heavy (non-hydrogen) atoms. The zero-order chi connectivity index (χ0) is 15.1. The molecule has 4 heteroatoms. The van der Waals surface area contributed by atoms with Crippen molar-refractivity contribution in [3.8, 4) is 11.5 Å². The average molecular weight is 295 g/mol. The Labute approximate surface area is 129 Å². The first kappa shape index (κ1) is 13.2. The molecular formula is C18H17NO3. The van der Waals surface area contributed by atoms with E-state index in [1.807, 2.05) is 18.2 Å². The van der Waals surface area contributed by atoms with E-state index in [9.17, 15) is 0 Å². The number of benzene rings is 2. The summed E-state index contributed by atoms with van der Waals surface area (Å²) in [6.07, 6.45) is 1.01. The van der Waals surface area contributed by atoms with E-state index in [-0.39, 0.29) is 12.0 Å². The van der Waals surface area contributed by atoms with E-state index in [1.165, 1.54) is 11.1 Å². The third-order valence-corrected chi connectivity index (χ3v) is 4.46. The molecule has 4 nitrogen and oxygen atoms in total. The zero-order valence-electron chi connectivity index (χ0n) is 12.6. The minimum Gasteiger partial charge on any atom is -0.493 e. The SMILES string of the molecule is COc1ccc(C2=NO[C@H]3c4ccccc4C[C@@H]23)cc1OC. The highest BCUT2D eigenvalue weighted by molar-refractivity contribution is 6.04. The van der Waals surface area contributed by atoms with Gasteiger partial charge in [0.1, 0.15) is 0 Å². The largest absolute Gasteiger partial charge is 0.493 e. The lowest BCUT2D eigenvalue weighted by atomic mass is 9.93. The van der Waals surface area contributed by atoms with E-state index in [0.29, 0.717) is 5.75 Å². The van der Waals surface area contributed by atoms with Crippen molar-refractivity contribution in [2.24, 2.45) is 11.1 Å². The maximum atomic E-state index is 5.72. The van der Waals surface area contributed by atoms with E-state index in [2.05, 4.69) is 29.4 Å². The van der Waals surface area contributed by atoms with Gasteiger partial charge >= 0.3 is 0 Å². The number of ether oxygens (including phenoxy) is 2. The minimum absolute atomic E-state index is 0.0410. The predicted octanol–water partition coefficient (Wildman–Crippen LogP) is 3.35. The van der Waals surface area contributed by atoms with E-state index in [1.54, 1.807) is 14.2 Å². The average Bonchev–Trinajstić information content (AvgIpc) is 3.13. The van der Waals surface area contributed by atoms with Crippen molar-refractivity contribution in [2.45, 2.75) is 12.5 Å². The third kappa shape index (κ3) is 1.87. The first-order valence-corrected chi connectivity index (χ1v) is 7.35. The summed E-state index contributed by atoms with van der Waals surface area (Å²) in [6, 6.07) is 14.3. The zero-order valence-corrected chi connectivity index (χ0v) is 12.6. The molecule has 0 amide bonds. The second kappa shape index (κ2) is 5.05. The second-order valence-corrected chi connectivity index (χ2v) is 5.58. The van der Waals surface area contributed by atoms with Crippen LogP contribution in [0.3, 0.4) is 0 Å². The van der Waals surface area contributed by atoms with Crippen LogP contribution in [0.5, 0.6) is 11.5 Å². The summed E-state index contributed by atoms with van der Waals surface area (Å²) < 4.78 is 10.7. The normalized spacial score (nSPS) is 21.6. The van der Waals surface area contributed by atoms with Crippen molar-refractivity contribution in [1.82, 2.24) is 0 Å². The summed E-state index contributed by atoms with van der Waals surface area (Å²) in [5, 5.41) is 4.34. The lowest BCUT2D eigenvalue weighted by Crippen LogP contribution is -2.14. The number of oxime groups is 1. The smallest absolute Gasteiger partial charge is 0.161 e. The van der Waals surface area contributed by atoms with Crippen LogP contribution in [0.2, 0.25) is 0 Å². The molecule has 2 aromatic rings. The summed E-state index contributed by atoms with van der Waals surface area (Å²) >= 11 is 0. The number of fused-ring (bicyclic) bond motifs is 3. The van der Waals surface area contributed by atoms with Gasteiger partial charge in [-0.05, 0) is 35.7 Å². The highest BCUT2D eigenvalue weighted by Gasteiger charge is 2.42. The summed E-state index contributed by atoms with van der Waals surface area (Å²) in [5.74, 6) is 1.70. The topological polar surface area (TPSA) is 40.0 Å². The van der Waals surface area contributed by atoms with Gasteiger partial charge in [-0.2, -0.15) is 0 Å². The summed E-state index contributed by atoms with van der Waals surface area (Å²) in [7, 11) is 3.28. The summed E-state index contributed by atoms with van der Waals surface area (Å²) in [5.41, 5.74) is 4.62. The van der Waals surface area contributed by atoms with Crippen LogP contribution in [-0.2, 0) is 11.3 Å². The first-order valence-electron chi connectivity index (χ1n) is 7.35. The molecule has 1 aliphatic carbocycles. The van der Waals surface area contributed by atoms with Crippen molar-refractivity contribution in [2.75, 3.05) is 14.2 Å². The Balaban J connectivity index is 1.68. The standard InChI is InChI=1S/C18H17NO3/c1-20-15-8-7-12(10-16(15)21-2)17-14-9-11-5-3-4-6-13(11)18(14)22-19-17/h3-8,10,14,18H,9H2,1-2H3/t14-,18-/m0/s1. The number of hydrogen-bond acceptors (Lipinski definition) is 4. The van der Waals surface area contributed by atoms with Gasteiger partial charge in [0.2, 0.25) is 0 Å². The molecule has 0 saturated heterocycles. The van der Waals surface area contributed by atoms with E-state index < -0.39 is 0 Å². The minimum atomic E-state index is 0.0410. The Kier molecular flexibility index (Phi) is 3.03. The molecule has 1 aliphatic heterocycles. The molecule has 112 valence electrons. The van der Waals surface area contributed by atoms with Crippen LogP contribution in [0.15, 0.2) is 47.6 Å². The highest BCUT2D eigenvalue weighted by Crippen LogP contribution is 2.45. The van der Waals surface area contributed by atoms with Gasteiger partial charge in [-0.25, -0.2) is 0 Å². The molecule has 4 rings (SSSR count). The molecule has 2 aliphatic rings. The molecule has 0 fully saturated rings.